The third-order valence-electron chi connectivity index (χ3n) is 5.00. The molecule has 158 valence electrons. The van der Waals surface area contributed by atoms with Crippen LogP contribution in [0.3, 0.4) is 0 Å². The number of unbranched alkanes of at least 4 members (excludes halogenated alkanes) is 1. The fraction of sp³-hybridized carbons (Fsp3) is 0.714. The molecule has 7 heteroatoms. The molecule has 0 saturated carbocycles. The maximum absolute atomic E-state index is 10.6. The van der Waals surface area contributed by atoms with Gasteiger partial charge in [-0.2, -0.15) is 0 Å². The Morgan fingerprint density at radius 2 is 2.04 bits per heavy atom. The van der Waals surface area contributed by atoms with Crippen molar-refractivity contribution < 1.29 is 28.8 Å². The Hall–Kier alpha value is -0.700. The number of halogens is 1. The second kappa shape index (κ2) is 9.41. The van der Waals surface area contributed by atoms with E-state index in [1.807, 2.05) is 39.0 Å². The molecule has 0 aliphatic carbocycles. The Morgan fingerprint density at radius 3 is 2.75 bits per heavy atom. The van der Waals surface area contributed by atoms with Crippen molar-refractivity contribution in [1.82, 2.24) is 0 Å². The average Bonchev–Trinajstić information content (AvgIpc) is 3.12. The minimum Gasteiger partial charge on any atom is -0.493 e. The highest BCUT2D eigenvalue weighted by atomic mass is 79.9. The molecule has 0 unspecified atom stereocenters. The van der Waals surface area contributed by atoms with Crippen molar-refractivity contribution in [2.45, 2.75) is 90.1 Å². The van der Waals surface area contributed by atoms with Crippen LogP contribution in [0.4, 0.5) is 0 Å². The van der Waals surface area contributed by atoms with Crippen LogP contribution in [0.5, 0.6) is 5.75 Å². The van der Waals surface area contributed by atoms with Crippen molar-refractivity contribution in [1.29, 1.82) is 0 Å². The summed E-state index contributed by atoms with van der Waals surface area (Å²) in [6.07, 6.45) is 0.230. The summed E-state index contributed by atoms with van der Waals surface area (Å²) in [6.45, 7) is 8.73. The second-order valence-corrected chi connectivity index (χ2v) is 8.61. The van der Waals surface area contributed by atoms with Gasteiger partial charge in [0.05, 0.1) is 23.8 Å². The molecule has 1 aromatic rings. The quantitative estimate of drug-likeness (QED) is 0.599. The highest BCUT2D eigenvalue weighted by Crippen LogP contribution is 2.40. The van der Waals surface area contributed by atoms with Crippen LogP contribution in [0, 0.1) is 0 Å². The second-order valence-electron chi connectivity index (χ2n) is 7.75. The Bertz CT molecular complexity index is 652. The summed E-state index contributed by atoms with van der Waals surface area (Å²) in [6, 6.07) is 5.89. The average molecular weight is 459 g/mol. The van der Waals surface area contributed by atoms with Crippen molar-refractivity contribution in [3.05, 3.63) is 28.2 Å². The Morgan fingerprint density at radius 1 is 1.25 bits per heavy atom. The van der Waals surface area contributed by atoms with Gasteiger partial charge in [0.1, 0.15) is 24.1 Å². The van der Waals surface area contributed by atoms with E-state index in [1.54, 1.807) is 0 Å². The number of hydrogen-bond donors (Lipinski definition) is 1. The van der Waals surface area contributed by atoms with Crippen LogP contribution in [0.2, 0.25) is 0 Å². The standard InChI is InChI=1S/C21H31BrO6/c1-5-7-8-15(23)17-18(19-20(26-17)28-21(3,4)27-19)25-12-13-9-10-14(22)16(11-13)24-6-2/h9-11,15,17-20,23H,5-8,12H2,1-4H3/t15-,17+,18-,19+,20+/m0/s1. The lowest BCUT2D eigenvalue weighted by Gasteiger charge is -2.28. The van der Waals surface area contributed by atoms with Crippen LogP contribution in [0.15, 0.2) is 22.7 Å². The predicted octanol–water partition coefficient (Wildman–Crippen LogP) is 4.16. The summed E-state index contributed by atoms with van der Waals surface area (Å²) in [5, 5.41) is 10.6. The van der Waals surface area contributed by atoms with E-state index in [9.17, 15) is 5.11 Å². The summed E-state index contributed by atoms with van der Waals surface area (Å²) in [7, 11) is 0. The molecular weight excluding hydrogens is 428 g/mol. The van der Waals surface area contributed by atoms with Gasteiger partial charge in [-0.05, 0) is 60.8 Å². The maximum Gasteiger partial charge on any atom is 0.190 e. The van der Waals surface area contributed by atoms with Gasteiger partial charge in [0, 0.05) is 0 Å². The minimum absolute atomic E-state index is 0.363. The fourth-order valence-corrected chi connectivity index (χ4v) is 4.04. The number of hydrogen-bond acceptors (Lipinski definition) is 6. The lowest BCUT2D eigenvalue weighted by atomic mass is 10.0. The Labute approximate surface area is 175 Å². The molecule has 5 atom stereocenters. The van der Waals surface area contributed by atoms with E-state index in [0.717, 1.165) is 28.6 Å². The Balaban J connectivity index is 1.71. The van der Waals surface area contributed by atoms with E-state index < -0.39 is 30.4 Å². The zero-order valence-corrected chi connectivity index (χ0v) is 18.6. The molecule has 6 nitrogen and oxygen atoms in total. The predicted molar refractivity (Wildman–Crippen MR) is 108 cm³/mol. The first-order valence-corrected chi connectivity index (χ1v) is 10.9. The van der Waals surface area contributed by atoms with E-state index in [-0.39, 0.29) is 6.10 Å². The number of fused-ring (bicyclic) bond motifs is 1. The van der Waals surface area contributed by atoms with E-state index in [2.05, 4.69) is 22.9 Å². The molecule has 2 aliphatic heterocycles. The third kappa shape index (κ3) is 5.07. The molecule has 2 heterocycles. The van der Waals surface area contributed by atoms with Gasteiger partial charge in [0.25, 0.3) is 0 Å². The van der Waals surface area contributed by atoms with E-state index in [0.29, 0.717) is 19.6 Å². The van der Waals surface area contributed by atoms with E-state index >= 15 is 0 Å². The summed E-state index contributed by atoms with van der Waals surface area (Å²) < 4.78 is 30.6. The molecule has 3 rings (SSSR count). The van der Waals surface area contributed by atoms with Crippen LogP contribution in [0.1, 0.15) is 52.5 Å². The minimum atomic E-state index is -0.726. The number of aliphatic hydroxyl groups excluding tert-OH is 1. The van der Waals surface area contributed by atoms with Crippen molar-refractivity contribution in [3.8, 4) is 5.75 Å². The molecule has 2 fully saturated rings. The summed E-state index contributed by atoms with van der Waals surface area (Å²) in [5.74, 6) is 0.0565. The van der Waals surface area contributed by atoms with Crippen LogP contribution in [0.25, 0.3) is 0 Å². The van der Waals surface area contributed by atoms with Gasteiger partial charge in [0.2, 0.25) is 0 Å². The molecule has 0 amide bonds. The van der Waals surface area contributed by atoms with Gasteiger partial charge in [-0.15, -0.1) is 0 Å². The fourth-order valence-electron chi connectivity index (χ4n) is 3.68. The van der Waals surface area contributed by atoms with Crippen LogP contribution >= 0.6 is 15.9 Å². The molecule has 0 bridgehead atoms. The van der Waals surface area contributed by atoms with Crippen molar-refractivity contribution in [3.63, 3.8) is 0 Å². The van der Waals surface area contributed by atoms with Gasteiger partial charge in [0.15, 0.2) is 12.1 Å². The highest BCUT2D eigenvalue weighted by molar-refractivity contribution is 9.10. The van der Waals surface area contributed by atoms with Gasteiger partial charge in [-0.25, -0.2) is 0 Å². The van der Waals surface area contributed by atoms with Crippen LogP contribution < -0.4 is 4.74 Å². The molecule has 2 aliphatic rings. The number of rotatable bonds is 9. The van der Waals surface area contributed by atoms with Crippen LogP contribution in [-0.2, 0) is 25.6 Å². The lowest BCUT2D eigenvalue weighted by Crippen LogP contribution is -2.42. The van der Waals surface area contributed by atoms with Gasteiger partial charge in [-0.1, -0.05) is 25.8 Å². The first-order chi connectivity index (χ1) is 13.3. The van der Waals surface area contributed by atoms with E-state index in [4.69, 9.17) is 23.7 Å². The van der Waals surface area contributed by atoms with Crippen LogP contribution in [-0.4, -0.2) is 48.2 Å². The number of aliphatic hydroxyl groups is 1. The smallest absolute Gasteiger partial charge is 0.190 e. The summed E-state index contributed by atoms with van der Waals surface area (Å²) in [4.78, 5) is 0. The topological polar surface area (TPSA) is 66.4 Å². The monoisotopic (exact) mass is 458 g/mol. The van der Waals surface area contributed by atoms with Gasteiger partial charge >= 0.3 is 0 Å². The van der Waals surface area contributed by atoms with Gasteiger partial charge < -0.3 is 28.8 Å². The van der Waals surface area contributed by atoms with Crippen molar-refractivity contribution >= 4 is 15.9 Å². The summed E-state index contributed by atoms with van der Waals surface area (Å²) >= 11 is 3.50. The maximum atomic E-state index is 10.6. The highest BCUT2D eigenvalue weighted by Gasteiger charge is 2.56. The number of ether oxygens (including phenoxy) is 5. The largest absolute Gasteiger partial charge is 0.493 e. The normalized spacial score (nSPS) is 29.6. The zero-order chi connectivity index (χ0) is 20.3. The lowest BCUT2D eigenvalue weighted by molar-refractivity contribution is -0.230. The third-order valence-corrected chi connectivity index (χ3v) is 5.65. The molecule has 0 aromatic heterocycles. The van der Waals surface area contributed by atoms with Crippen molar-refractivity contribution in [2.75, 3.05) is 6.61 Å². The molecule has 0 spiro atoms. The van der Waals surface area contributed by atoms with E-state index in [1.165, 1.54) is 0 Å². The zero-order valence-electron chi connectivity index (χ0n) is 17.0. The molecule has 1 aromatic carbocycles. The number of benzene rings is 1. The summed E-state index contributed by atoms with van der Waals surface area (Å²) in [5.41, 5.74) is 0.982. The molecule has 2 saturated heterocycles. The molecule has 1 N–H and O–H groups in total. The van der Waals surface area contributed by atoms with Gasteiger partial charge in [-0.3, -0.25) is 0 Å². The SMILES string of the molecule is CCCC[C@H](O)[C@H]1O[C@@H]2OC(C)(C)O[C@@H]2[C@H]1OCc1ccc(Br)c(OCC)c1. The molecule has 28 heavy (non-hydrogen) atoms. The Kier molecular flexibility index (Phi) is 7.39. The molecule has 0 radical (unpaired) electrons. The first-order valence-electron chi connectivity index (χ1n) is 10.1. The molecular formula is C21H31BrO6. The first kappa shape index (κ1) is 22.0. The van der Waals surface area contributed by atoms with Crippen molar-refractivity contribution in [2.24, 2.45) is 0 Å².